The highest BCUT2D eigenvalue weighted by Crippen LogP contribution is 2.38. The quantitative estimate of drug-likeness (QED) is 0.450. The zero-order chi connectivity index (χ0) is 17.7. The molecule has 0 bridgehead atoms. The van der Waals surface area contributed by atoms with Crippen molar-refractivity contribution in [2.45, 2.75) is 6.92 Å². The lowest BCUT2D eigenvalue weighted by molar-refractivity contribution is -0.123. The third-order valence-corrected chi connectivity index (χ3v) is 5.08. The van der Waals surface area contributed by atoms with Gasteiger partial charge in [-0.25, -0.2) is 5.43 Å². The van der Waals surface area contributed by atoms with Crippen molar-refractivity contribution in [2.75, 3.05) is 6.61 Å². The van der Waals surface area contributed by atoms with Crippen molar-refractivity contribution in [1.29, 1.82) is 0 Å². The fourth-order valence-corrected chi connectivity index (χ4v) is 4.10. The summed E-state index contributed by atoms with van der Waals surface area (Å²) in [6, 6.07) is 9.12. The van der Waals surface area contributed by atoms with Crippen molar-refractivity contribution >= 4 is 59.9 Å². The van der Waals surface area contributed by atoms with E-state index in [1.165, 1.54) is 6.21 Å². The molecule has 2 aromatic carbocycles. The van der Waals surface area contributed by atoms with Crippen LogP contribution < -0.4 is 10.2 Å². The van der Waals surface area contributed by atoms with Gasteiger partial charge in [0.15, 0.2) is 6.61 Å². The summed E-state index contributed by atoms with van der Waals surface area (Å²) in [5.41, 5.74) is 3.92. The van der Waals surface area contributed by atoms with Crippen molar-refractivity contribution in [3.63, 3.8) is 0 Å². The van der Waals surface area contributed by atoms with E-state index >= 15 is 0 Å². The molecule has 0 fully saturated rings. The van der Waals surface area contributed by atoms with Gasteiger partial charge >= 0.3 is 0 Å². The lowest BCUT2D eigenvalue weighted by Crippen LogP contribution is -2.24. The molecule has 24 heavy (non-hydrogen) atoms. The Labute approximate surface area is 164 Å². The Morgan fingerprint density at radius 3 is 2.71 bits per heavy atom. The molecule has 0 heterocycles. The van der Waals surface area contributed by atoms with Crippen LogP contribution in [0.15, 0.2) is 48.9 Å². The number of aryl methyl sites for hydroxylation is 1. The average molecular weight is 521 g/mol. The van der Waals surface area contributed by atoms with Gasteiger partial charge in [-0.2, -0.15) is 5.10 Å². The van der Waals surface area contributed by atoms with Crippen LogP contribution in [-0.2, 0) is 4.79 Å². The summed E-state index contributed by atoms with van der Waals surface area (Å²) in [5.74, 6) is 0.317. The topological polar surface area (TPSA) is 70.9 Å². The number of nitrogens with one attached hydrogen (secondary N) is 1. The summed E-state index contributed by atoms with van der Waals surface area (Å²) in [7, 11) is 0. The highest BCUT2D eigenvalue weighted by Gasteiger charge is 2.12. The molecule has 0 saturated carbocycles. The number of benzene rings is 2. The molecule has 0 radical (unpaired) electrons. The number of phenolic OH excluding ortho intramolecular Hbond substituents is 1. The molecule has 0 aliphatic rings. The second-order valence-electron chi connectivity index (χ2n) is 4.76. The van der Waals surface area contributed by atoms with Gasteiger partial charge in [0, 0.05) is 10.0 Å². The van der Waals surface area contributed by atoms with Gasteiger partial charge < -0.3 is 9.84 Å². The highest BCUT2D eigenvalue weighted by atomic mass is 79.9. The van der Waals surface area contributed by atoms with Crippen molar-refractivity contribution in [1.82, 2.24) is 5.43 Å². The minimum absolute atomic E-state index is 0.0499. The minimum atomic E-state index is -0.386. The van der Waals surface area contributed by atoms with Gasteiger partial charge in [-0.1, -0.05) is 34.1 Å². The van der Waals surface area contributed by atoms with Crippen LogP contribution in [0.5, 0.6) is 11.5 Å². The summed E-state index contributed by atoms with van der Waals surface area (Å²) in [5, 5.41) is 13.8. The average Bonchev–Trinajstić information content (AvgIpc) is 2.55. The van der Waals surface area contributed by atoms with Gasteiger partial charge in [0.25, 0.3) is 5.91 Å². The molecule has 0 spiro atoms. The van der Waals surface area contributed by atoms with Crippen LogP contribution in [-0.4, -0.2) is 23.8 Å². The minimum Gasteiger partial charge on any atom is -0.506 e. The smallest absolute Gasteiger partial charge is 0.277 e. The molecule has 0 aromatic heterocycles. The van der Waals surface area contributed by atoms with Crippen LogP contribution in [0.25, 0.3) is 0 Å². The molecule has 2 rings (SSSR count). The number of phenols is 1. The van der Waals surface area contributed by atoms with E-state index in [9.17, 15) is 9.90 Å². The van der Waals surface area contributed by atoms with E-state index in [1.807, 2.05) is 25.1 Å². The summed E-state index contributed by atoms with van der Waals surface area (Å²) < 4.78 is 7.13. The van der Waals surface area contributed by atoms with E-state index in [-0.39, 0.29) is 18.3 Å². The second kappa shape index (κ2) is 8.64. The molecule has 0 atom stereocenters. The van der Waals surface area contributed by atoms with Crippen LogP contribution in [0.2, 0.25) is 0 Å². The number of amides is 1. The first-order valence-corrected chi connectivity index (χ1v) is 9.15. The Balaban J connectivity index is 1.96. The van der Waals surface area contributed by atoms with E-state index < -0.39 is 0 Å². The lowest BCUT2D eigenvalue weighted by Gasteiger charge is -2.08. The summed E-state index contributed by atoms with van der Waals surface area (Å²) in [4.78, 5) is 11.8. The normalized spacial score (nSPS) is 10.8. The summed E-state index contributed by atoms with van der Waals surface area (Å²) in [6.45, 7) is 1.76. The molecule has 126 valence electrons. The van der Waals surface area contributed by atoms with Gasteiger partial charge in [-0.15, -0.1) is 0 Å². The molecular weight excluding hydrogens is 508 g/mol. The number of hydrogen-bond donors (Lipinski definition) is 2. The number of aromatic hydroxyl groups is 1. The maximum Gasteiger partial charge on any atom is 0.277 e. The van der Waals surface area contributed by atoms with E-state index in [4.69, 9.17) is 4.74 Å². The maximum atomic E-state index is 11.8. The summed E-state index contributed by atoms with van der Waals surface area (Å²) in [6.07, 6.45) is 1.42. The van der Waals surface area contributed by atoms with Crippen molar-refractivity contribution in [3.8, 4) is 11.5 Å². The van der Waals surface area contributed by atoms with E-state index in [1.54, 1.807) is 12.1 Å². The van der Waals surface area contributed by atoms with Crippen molar-refractivity contribution < 1.29 is 14.6 Å². The first kappa shape index (κ1) is 19.0. The van der Waals surface area contributed by atoms with Crippen LogP contribution in [0.3, 0.4) is 0 Å². The third kappa shape index (κ3) is 4.81. The van der Waals surface area contributed by atoms with Gasteiger partial charge in [-0.05, 0) is 56.5 Å². The maximum absolute atomic E-state index is 11.8. The largest absolute Gasteiger partial charge is 0.506 e. The van der Waals surface area contributed by atoms with Crippen LogP contribution in [0, 0.1) is 6.92 Å². The van der Waals surface area contributed by atoms with Crippen molar-refractivity contribution in [3.05, 3.63) is 54.9 Å². The predicted molar refractivity (Wildman–Crippen MR) is 104 cm³/mol. The Morgan fingerprint density at radius 1 is 1.29 bits per heavy atom. The predicted octanol–water partition coefficient (Wildman–Crippen LogP) is 4.52. The number of ether oxygens (including phenoxy) is 1. The SMILES string of the molecule is Cc1ccccc1OCC(=O)N/N=C\c1c(Br)cc(Br)c(O)c1Br. The Bertz CT molecular complexity index is 794. The third-order valence-electron chi connectivity index (χ3n) is 3.02. The van der Waals surface area contributed by atoms with Crippen molar-refractivity contribution in [2.24, 2.45) is 5.10 Å². The Morgan fingerprint density at radius 2 is 2.00 bits per heavy atom. The number of carbonyl (C=O) groups is 1. The monoisotopic (exact) mass is 518 g/mol. The van der Waals surface area contributed by atoms with Crippen LogP contribution in [0.4, 0.5) is 0 Å². The molecule has 0 unspecified atom stereocenters. The fourth-order valence-electron chi connectivity index (χ4n) is 1.78. The first-order valence-electron chi connectivity index (χ1n) is 6.77. The summed E-state index contributed by atoms with van der Waals surface area (Å²) >= 11 is 9.88. The van der Waals surface area contributed by atoms with Crippen LogP contribution in [0.1, 0.15) is 11.1 Å². The molecule has 8 heteroatoms. The van der Waals surface area contributed by atoms with Gasteiger partial charge in [0.05, 0.1) is 15.2 Å². The zero-order valence-corrected chi connectivity index (χ0v) is 17.3. The number of nitrogens with zero attached hydrogens (tertiary/aromatic N) is 1. The standard InChI is InChI=1S/C16H13Br3N2O3/c1-9-4-2-3-5-13(9)24-8-14(22)21-20-7-10-11(17)6-12(18)16(23)15(10)19/h2-7,23H,8H2,1H3,(H,21,22)/b20-7-. The molecule has 0 aliphatic heterocycles. The number of rotatable bonds is 5. The lowest BCUT2D eigenvalue weighted by atomic mass is 10.2. The van der Waals surface area contributed by atoms with Gasteiger partial charge in [0.2, 0.25) is 0 Å². The first-order chi connectivity index (χ1) is 11.4. The van der Waals surface area contributed by atoms with Gasteiger partial charge in [-0.3, -0.25) is 4.79 Å². The zero-order valence-electron chi connectivity index (χ0n) is 12.5. The second-order valence-corrected chi connectivity index (χ2v) is 7.27. The molecule has 0 aliphatic carbocycles. The molecule has 0 saturated heterocycles. The molecule has 1 amide bonds. The number of para-hydroxylation sites is 1. The molecule has 2 aromatic rings. The van der Waals surface area contributed by atoms with E-state index in [0.29, 0.717) is 24.7 Å². The van der Waals surface area contributed by atoms with E-state index in [0.717, 1.165) is 5.56 Å². The number of carbonyl (C=O) groups excluding carboxylic acids is 1. The number of hydrazone groups is 1. The Hall–Kier alpha value is -1.38. The number of hydrogen-bond acceptors (Lipinski definition) is 4. The molecule has 2 N–H and O–H groups in total. The molecule has 5 nitrogen and oxygen atoms in total. The Kier molecular flexibility index (Phi) is 6.82. The highest BCUT2D eigenvalue weighted by molar-refractivity contribution is 9.11. The van der Waals surface area contributed by atoms with E-state index in [2.05, 4.69) is 58.3 Å². The van der Waals surface area contributed by atoms with Gasteiger partial charge in [0.1, 0.15) is 11.5 Å². The number of halogens is 3. The van der Waals surface area contributed by atoms with Crippen LogP contribution >= 0.6 is 47.8 Å². The fraction of sp³-hybridized carbons (Fsp3) is 0.125. The molecular formula is C16H13Br3N2O3.